The first-order chi connectivity index (χ1) is 7.19. The van der Waals surface area contributed by atoms with Crippen molar-refractivity contribution in [3.8, 4) is 16.9 Å². The van der Waals surface area contributed by atoms with Crippen molar-refractivity contribution in [1.82, 2.24) is 9.78 Å². The molecule has 1 aromatic heterocycles. The quantitative estimate of drug-likeness (QED) is 0.819. The van der Waals surface area contributed by atoms with Gasteiger partial charge in [-0.2, -0.15) is 5.10 Å². The van der Waals surface area contributed by atoms with E-state index in [1.54, 1.807) is 10.9 Å². The molecule has 15 heavy (non-hydrogen) atoms. The summed E-state index contributed by atoms with van der Waals surface area (Å²) in [6.07, 6.45) is 3.46. The number of aryl methyl sites for hydroxylation is 1. The monoisotopic (exact) mass is 206 g/mol. The summed E-state index contributed by atoms with van der Waals surface area (Å²) in [6, 6.07) is 3.96. The van der Waals surface area contributed by atoms with Crippen LogP contribution in [0.15, 0.2) is 30.6 Å². The Labute approximate surface area is 86.8 Å². The number of aromatic nitrogens is 2. The maximum absolute atomic E-state index is 13.0. The van der Waals surface area contributed by atoms with Gasteiger partial charge in [-0.25, -0.2) is 4.39 Å². The van der Waals surface area contributed by atoms with Crippen LogP contribution in [0.5, 0.6) is 5.75 Å². The zero-order valence-electron chi connectivity index (χ0n) is 8.31. The van der Waals surface area contributed by atoms with Gasteiger partial charge >= 0.3 is 0 Å². The van der Waals surface area contributed by atoms with Gasteiger partial charge in [-0.05, 0) is 24.6 Å². The van der Waals surface area contributed by atoms with E-state index in [1.165, 1.54) is 12.1 Å². The highest BCUT2D eigenvalue weighted by Gasteiger charge is 2.04. The number of hydrogen-bond donors (Lipinski definition) is 1. The predicted octanol–water partition coefficient (Wildman–Crippen LogP) is 2.41. The third-order valence-corrected chi connectivity index (χ3v) is 2.17. The van der Waals surface area contributed by atoms with Crippen molar-refractivity contribution >= 4 is 0 Å². The lowest BCUT2D eigenvalue weighted by Crippen LogP contribution is -1.91. The fraction of sp³-hybridized carbons (Fsp3) is 0.182. The van der Waals surface area contributed by atoms with E-state index in [4.69, 9.17) is 0 Å². The number of phenolic OH excluding ortho intramolecular Hbond substituents is 1. The van der Waals surface area contributed by atoms with Gasteiger partial charge in [0.25, 0.3) is 0 Å². The average molecular weight is 206 g/mol. The molecule has 0 atom stereocenters. The molecule has 1 N–H and O–H groups in total. The molecule has 0 amide bonds. The zero-order chi connectivity index (χ0) is 10.8. The van der Waals surface area contributed by atoms with Crippen LogP contribution in [-0.4, -0.2) is 14.9 Å². The van der Waals surface area contributed by atoms with Crippen molar-refractivity contribution in [2.24, 2.45) is 0 Å². The number of phenols is 1. The molecule has 0 saturated heterocycles. The van der Waals surface area contributed by atoms with E-state index in [0.29, 0.717) is 5.56 Å². The summed E-state index contributed by atoms with van der Waals surface area (Å²) in [5, 5.41) is 13.3. The van der Waals surface area contributed by atoms with Crippen LogP contribution in [0, 0.1) is 5.82 Å². The Morgan fingerprint density at radius 1 is 1.33 bits per heavy atom. The van der Waals surface area contributed by atoms with Crippen molar-refractivity contribution in [1.29, 1.82) is 0 Å². The van der Waals surface area contributed by atoms with Gasteiger partial charge in [0.2, 0.25) is 0 Å². The maximum Gasteiger partial charge on any atom is 0.127 e. The molecule has 0 aliphatic heterocycles. The fourth-order valence-electron chi connectivity index (χ4n) is 1.43. The van der Waals surface area contributed by atoms with E-state index in [-0.39, 0.29) is 5.75 Å². The van der Waals surface area contributed by atoms with Crippen LogP contribution in [0.2, 0.25) is 0 Å². The molecule has 2 rings (SSSR count). The molecule has 78 valence electrons. The van der Waals surface area contributed by atoms with Gasteiger partial charge < -0.3 is 5.11 Å². The van der Waals surface area contributed by atoms with Gasteiger partial charge in [-0.3, -0.25) is 4.68 Å². The molecule has 0 aliphatic carbocycles. The van der Waals surface area contributed by atoms with Crippen molar-refractivity contribution in [2.75, 3.05) is 0 Å². The minimum Gasteiger partial charge on any atom is -0.508 e. The zero-order valence-corrected chi connectivity index (χ0v) is 8.31. The minimum absolute atomic E-state index is 0.0748. The number of nitrogens with zero attached hydrogens (tertiary/aromatic N) is 2. The SMILES string of the molecule is CCn1cc(-c2cc(O)cc(F)c2)cn1. The van der Waals surface area contributed by atoms with Gasteiger partial charge in [0.05, 0.1) is 6.20 Å². The van der Waals surface area contributed by atoms with Gasteiger partial charge in [0.15, 0.2) is 0 Å². The van der Waals surface area contributed by atoms with Crippen LogP contribution >= 0.6 is 0 Å². The van der Waals surface area contributed by atoms with Crippen LogP contribution < -0.4 is 0 Å². The molecule has 3 nitrogen and oxygen atoms in total. The molecule has 0 bridgehead atoms. The molecule has 1 heterocycles. The van der Waals surface area contributed by atoms with Crippen LogP contribution in [0.1, 0.15) is 6.92 Å². The van der Waals surface area contributed by atoms with E-state index in [1.807, 2.05) is 13.1 Å². The summed E-state index contributed by atoms with van der Waals surface area (Å²) in [7, 11) is 0. The van der Waals surface area contributed by atoms with Crippen molar-refractivity contribution in [3.05, 3.63) is 36.4 Å². The maximum atomic E-state index is 13.0. The molecule has 0 spiro atoms. The number of aromatic hydroxyl groups is 1. The summed E-state index contributed by atoms with van der Waals surface area (Å²) in [5.74, 6) is -0.525. The topological polar surface area (TPSA) is 38.0 Å². The Hall–Kier alpha value is -1.84. The lowest BCUT2D eigenvalue weighted by Gasteiger charge is -1.99. The number of benzene rings is 1. The number of hydrogen-bond acceptors (Lipinski definition) is 2. The summed E-state index contributed by atoms with van der Waals surface area (Å²) in [4.78, 5) is 0. The standard InChI is InChI=1S/C11H11FN2O/c1-2-14-7-9(6-13-14)8-3-10(12)5-11(15)4-8/h3-7,15H,2H2,1H3. The van der Waals surface area contributed by atoms with Crippen molar-refractivity contribution < 1.29 is 9.50 Å². The van der Waals surface area contributed by atoms with Gasteiger partial charge in [0, 0.05) is 24.4 Å². The molecule has 4 heteroatoms. The van der Waals surface area contributed by atoms with Gasteiger partial charge in [0.1, 0.15) is 11.6 Å². The lowest BCUT2D eigenvalue weighted by atomic mass is 10.1. The first-order valence-corrected chi connectivity index (χ1v) is 4.71. The lowest BCUT2D eigenvalue weighted by molar-refractivity contribution is 0.469. The van der Waals surface area contributed by atoms with Crippen molar-refractivity contribution in [3.63, 3.8) is 0 Å². The molecule has 0 saturated carbocycles. The number of halogens is 1. The first-order valence-electron chi connectivity index (χ1n) is 4.71. The van der Waals surface area contributed by atoms with Gasteiger partial charge in [-0.1, -0.05) is 0 Å². The molecular weight excluding hydrogens is 195 g/mol. The Morgan fingerprint density at radius 3 is 2.73 bits per heavy atom. The average Bonchev–Trinajstić information content (AvgIpc) is 2.64. The largest absolute Gasteiger partial charge is 0.508 e. The highest BCUT2D eigenvalue weighted by atomic mass is 19.1. The van der Waals surface area contributed by atoms with E-state index in [0.717, 1.165) is 18.2 Å². The normalized spacial score (nSPS) is 10.5. The van der Waals surface area contributed by atoms with Crippen LogP contribution in [0.4, 0.5) is 4.39 Å². The van der Waals surface area contributed by atoms with Crippen LogP contribution in [-0.2, 0) is 6.54 Å². The Morgan fingerprint density at radius 2 is 2.13 bits per heavy atom. The van der Waals surface area contributed by atoms with Crippen LogP contribution in [0.25, 0.3) is 11.1 Å². The summed E-state index contributed by atoms with van der Waals surface area (Å²) >= 11 is 0. The molecule has 0 unspecified atom stereocenters. The molecular formula is C11H11FN2O. The van der Waals surface area contributed by atoms with Gasteiger partial charge in [-0.15, -0.1) is 0 Å². The highest BCUT2D eigenvalue weighted by Crippen LogP contribution is 2.24. The summed E-state index contributed by atoms with van der Waals surface area (Å²) in [5.41, 5.74) is 1.43. The van der Waals surface area contributed by atoms with E-state index in [9.17, 15) is 9.50 Å². The third-order valence-electron chi connectivity index (χ3n) is 2.17. The first kappa shape index (κ1) is 9.71. The minimum atomic E-state index is -0.450. The number of rotatable bonds is 2. The smallest absolute Gasteiger partial charge is 0.127 e. The molecule has 2 aromatic rings. The molecule has 0 fully saturated rings. The van der Waals surface area contributed by atoms with Crippen molar-refractivity contribution in [2.45, 2.75) is 13.5 Å². The van der Waals surface area contributed by atoms with E-state index >= 15 is 0 Å². The fourth-order valence-corrected chi connectivity index (χ4v) is 1.43. The Kier molecular flexibility index (Phi) is 2.41. The molecule has 0 radical (unpaired) electrons. The highest BCUT2D eigenvalue weighted by molar-refractivity contribution is 5.63. The van der Waals surface area contributed by atoms with E-state index in [2.05, 4.69) is 5.10 Å². The Balaban J connectivity index is 2.44. The second-order valence-corrected chi connectivity index (χ2v) is 3.28. The molecule has 0 aliphatic rings. The second kappa shape index (κ2) is 3.73. The van der Waals surface area contributed by atoms with E-state index < -0.39 is 5.82 Å². The second-order valence-electron chi connectivity index (χ2n) is 3.28. The summed E-state index contributed by atoms with van der Waals surface area (Å²) < 4.78 is 14.8. The molecule has 1 aromatic carbocycles. The third kappa shape index (κ3) is 1.98. The summed E-state index contributed by atoms with van der Waals surface area (Å²) in [6.45, 7) is 2.74. The Bertz CT molecular complexity index is 459. The predicted molar refractivity (Wildman–Crippen MR) is 55.0 cm³/mol. The van der Waals surface area contributed by atoms with Crippen LogP contribution in [0.3, 0.4) is 0 Å².